The molecule has 2 heterocycles. The fraction of sp³-hybridized carbons (Fsp3) is 0.467. The third-order valence-corrected chi connectivity index (χ3v) is 4.11. The molecule has 0 aliphatic carbocycles. The first-order valence-corrected chi connectivity index (χ1v) is 7.72. The average molecular weight is 370 g/mol. The molecule has 1 aliphatic rings. The number of methoxy groups -OCH3 is 1. The lowest BCUT2D eigenvalue weighted by Crippen LogP contribution is -2.25. The van der Waals surface area contributed by atoms with E-state index < -0.39 is 23.0 Å². The Hall–Kier alpha value is -2.82. The lowest BCUT2D eigenvalue weighted by Gasteiger charge is -2.24. The fourth-order valence-electron chi connectivity index (χ4n) is 2.96. The summed E-state index contributed by atoms with van der Waals surface area (Å²) in [6.45, 7) is -1.07. The van der Waals surface area contributed by atoms with E-state index in [1.807, 2.05) is 4.90 Å². The van der Waals surface area contributed by atoms with Gasteiger partial charge < -0.3 is 18.9 Å². The first kappa shape index (κ1) is 18.0. The highest BCUT2D eigenvalue weighted by Gasteiger charge is 2.37. The Morgan fingerprint density at radius 1 is 1.46 bits per heavy atom. The van der Waals surface area contributed by atoms with Crippen LogP contribution in [0.2, 0.25) is 0 Å². The van der Waals surface area contributed by atoms with Gasteiger partial charge in [-0.05, 0) is 13.0 Å². The second-order valence-electron chi connectivity index (χ2n) is 5.73. The lowest BCUT2D eigenvalue weighted by atomic mass is 10.2. The number of nitrogens with zero attached hydrogens (tertiary/aromatic N) is 4. The van der Waals surface area contributed by atoms with E-state index in [0.29, 0.717) is 30.4 Å². The number of aryl methyl sites for hydroxylation is 1. The number of nitro groups is 1. The summed E-state index contributed by atoms with van der Waals surface area (Å²) < 4.78 is 40.2. The average Bonchev–Trinajstić information content (AvgIpc) is 3.19. The SMILES string of the molecule is COC1CC(c2nc(C)no2)N(c2ccc([N+](=O)[O-])c(OC(F)F)c2)C1. The zero-order chi connectivity index (χ0) is 18.8. The molecule has 0 saturated carbocycles. The van der Waals surface area contributed by atoms with Crippen molar-refractivity contribution in [3.05, 3.63) is 40.0 Å². The lowest BCUT2D eigenvalue weighted by molar-refractivity contribution is -0.386. The van der Waals surface area contributed by atoms with E-state index >= 15 is 0 Å². The monoisotopic (exact) mass is 370 g/mol. The van der Waals surface area contributed by atoms with Crippen LogP contribution in [0.5, 0.6) is 5.75 Å². The van der Waals surface area contributed by atoms with Crippen LogP contribution < -0.4 is 9.64 Å². The van der Waals surface area contributed by atoms with Crippen LogP contribution >= 0.6 is 0 Å². The number of aromatic nitrogens is 2. The van der Waals surface area contributed by atoms with Crippen molar-refractivity contribution in [2.45, 2.75) is 32.1 Å². The number of alkyl halides is 2. The fourth-order valence-corrected chi connectivity index (χ4v) is 2.96. The first-order valence-electron chi connectivity index (χ1n) is 7.72. The molecule has 9 nitrogen and oxygen atoms in total. The molecule has 1 saturated heterocycles. The van der Waals surface area contributed by atoms with E-state index in [-0.39, 0.29) is 12.1 Å². The normalized spacial score (nSPS) is 20.0. The van der Waals surface area contributed by atoms with Crippen molar-refractivity contribution in [3.63, 3.8) is 0 Å². The van der Waals surface area contributed by atoms with Gasteiger partial charge >= 0.3 is 12.3 Å². The Balaban J connectivity index is 1.98. The summed E-state index contributed by atoms with van der Waals surface area (Å²) in [7, 11) is 1.56. The van der Waals surface area contributed by atoms with Gasteiger partial charge in [-0.15, -0.1) is 0 Å². The molecule has 0 spiro atoms. The molecule has 140 valence electrons. The van der Waals surface area contributed by atoms with Crippen molar-refractivity contribution in [1.82, 2.24) is 10.1 Å². The van der Waals surface area contributed by atoms with E-state index in [1.54, 1.807) is 14.0 Å². The largest absolute Gasteiger partial charge is 0.427 e. The van der Waals surface area contributed by atoms with Gasteiger partial charge in [0.25, 0.3) is 0 Å². The number of halogens is 2. The van der Waals surface area contributed by atoms with Gasteiger partial charge in [0.1, 0.15) is 6.04 Å². The highest BCUT2D eigenvalue weighted by molar-refractivity contribution is 5.60. The molecule has 11 heteroatoms. The molecule has 0 radical (unpaired) electrons. The zero-order valence-electron chi connectivity index (χ0n) is 14.0. The summed E-state index contributed by atoms with van der Waals surface area (Å²) >= 11 is 0. The Bertz CT molecular complexity index is 800. The van der Waals surface area contributed by atoms with Crippen LogP contribution in [0, 0.1) is 17.0 Å². The van der Waals surface area contributed by atoms with Gasteiger partial charge in [0, 0.05) is 37.9 Å². The molecule has 1 aromatic carbocycles. The highest BCUT2D eigenvalue weighted by Crippen LogP contribution is 2.40. The molecule has 1 aliphatic heterocycles. The summed E-state index contributed by atoms with van der Waals surface area (Å²) in [5.74, 6) is 0.312. The molecule has 3 rings (SSSR count). The van der Waals surface area contributed by atoms with Gasteiger partial charge in [-0.25, -0.2) is 0 Å². The van der Waals surface area contributed by atoms with Gasteiger partial charge in [-0.3, -0.25) is 10.1 Å². The van der Waals surface area contributed by atoms with Crippen LogP contribution in [0.1, 0.15) is 24.2 Å². The molecule has 0 N–H and O–H groups in total. The topological polar surface area (TPSA) is 104 Å². The molecule has 1 fully saturated rings. The third kappa shape index (κ3) is 3.57. The predicted octanol–water partition coefficient (Wildman–Crippen LogP) is 2.85. The molecule has 26 heavy (non-hydrogen) atoms. The number of rotatable bonds is 6. The maximum atomic E-state index is 12.6. The van der Waals surface area contributed by atoms with Crippen LogP contribution in [-0.2, 0) is 4.74 Å². The molecule has 2 aromatic rings. The van der Waals surface area contributed by atoms with Crippen LogP contribution in [0.25, 0.3) is 0 Å². The van der Waals surface area contributed by atoms with E-state index in [1.165, 1.54) is 12.1 Å². The summed E-state index contributed by atoms with van der Waals surface area (Å²) in [5.41, 5.74) is -0.0895. The summed E-state index contributed by atoms with van der Waals surface area (Å²) in [5, 5.41) is 14.8. The van der Waals surface area contributed by atoms with Gasteiger partial charge in [-0.2, -0.15) is 13.8 Å². The minimum Gasteiger partial charge on any atom is -0.427 e. The van der Waals surface area contributed by atoms with E-state index in [9.17, 15) is 18.9 Å². The third-order valence-electron chi connectivity index (χ3n) is 4.11. The first-order chi connectivity index (χ1) is 12.4. The van der Waals surface area contributed by atoms with Crippen LogP contribution in [0.15, 0.2) is 22.7 Å². The van der Waals surface area contributed by atoms with Crippen molar-refractivity contribution in [1.29, 1.82) is 0 Å². The number of nitro benzene ring substituents is 1. The molecular formula is C15H16F2N4O5. The molecular weight excluding hydrogens is 354 g/mol. The van der Waals surface area contributed by atoms with Crippen LogP contribution in [-0.4, -0.2) is 41.4 Å². The Morgan fingerprint density at radius 3 is 2.81 bits per heavy atom. The molecule has 0 amide bonds. The highest BCUT2D eigenvalue weighted by atomic mass is 19.3. The van der Waals surface area contributed by atoms with Crippen molar-refractivity contribution >= 4 is 11.4 Å². The Morgan fingerprint density at radius 2 is 2.23 bits per heavy atom. The second kappa shape index (κ2) is 7.20. The number of hydrogen-bond acceptors (Lipinski definition) is 8. The van der Waals surface area contributed by atoms with Gasteiger partial charge in [-0.1, -0.05) is 5.16 Å². The quantitative estimate of drug-likeness (QED) is 0.565. The van der Waals surface area contributed by atoms with Crippen molar-refractivity contribution < 1.29 is 27.7 Å². The van der Waals surface area contributed by atoms with Crippen molar-refractivity contribution in [3.8, 4) is 5.75 Å². The Labute approximate surface area is 146 Å². The minimum atomic E-state index is -3.18. The predicted molar refractivity (Wildman–Crippen MR) is 84.3 cm³/mol. The van der Waals surface area contributed by atoms with E-state index in [2.05, 4.69) is 14.9 Å². The van der Waals surface area contributed by atoms with Gasteiger partial charge in [0.15, 0.2) is 5.82 Å². The number of benzene rings is 1. The Kier molecular flexibility index (Phi) is 4.98. The molecule has 2 unspecified atom stereocenters. The summed E-state index contributed by atoms with van der Waals surface area (Å²) in [4.78, 5) is 16.3. The van der Waals surface area contributed by atoms with E-state index in [4.69, 9.17) is 9.26 Å². The van der Waals surface area contributed by atoms with Crippen molar-refractivity contribution in [2.75, 3.05) is 18.6 Å². The van der Waals surface area contributed by atoms with Crippen LogP contribution in [0.4, 0.5) is 20.2 Å². The molecule has 0 bridgehead atoms. The van der Waals surface area contributed by atoms with Gasteiger partial charge in [0.2, 0.25) is 11.6 Å². The maximum absolute atomic E-state index is 12.6. The number of anilines is 1. The standard InChI is InChI=1S/C15H16F2N4O5/c1-8-18-14(26-19-8)12-6-10(24-2)7-20(12)9-3-4-11(21(22)23)13(5-9)25-15(16)17/h3-5,10,12,15H,6-7H2,1-2H3. The summed E-state index contributed by atoms with van der Waals surface area (Å²) in [6, 6.07) is 3.45. The van der Waals surface area contributed by atoms with E-state index in [0.717, 1.165) is 6.07 Å². The van der Waals surface area contributed by atoms with Crippen LogP contribution in [0.3, 0.4) is 0 Å². The van der Waals surface area contributed by atoms with Gasteiger partial charge in [0.05, 0.1) is 11.0 Å². The molecule has 2 atom stereocenters. The number of ether oxygens (including phenoxy) is 2. The molecule has 1 aromatic heterocycles. The number of hydrogen-bond donors (Lipinski definition) is 0. The smallest absolute Gasteiger partial charge is 0.387 e. The summed E-state index contributed by atoms with van der Waals surface area (Å²) in [6.07, 6.45) is 0.391. The minimum absolute atomic E-state index is 0.151. The second-order valence-corrected chi connectivity index (χ2v) is 5.73. The van der Waals surface area contributed by atoms with Crippen molar-refractivity contribution in [2.24, 2.45) is 0 Å². The maximum Gasteiger partial charge on any atom is 0.387 e. The zero-order valence-corrected chi connectivity index (χ0v) is 14.0.